The summed E-state index contributed by atoms with van der Waals surface area (Å²) in [5.74, 6) is 0. The Morgan fingerprint density at radius 2 is 2.05 bits per heavy atom. The zero-order valence-electron chi connectivity index (χ0n) is 13.0. The van der Waals surface area contributed by atoms with Gasteiger partial charge in [-0.15, -0.1) is 0 Å². The molecule has 1 rings (SSSR count). The van der Waals surface area contributed by atoms with Gasteiger partial charge in [-0.1, -0.05) is 0 Å². The van der Waals surface area contributed by atoms with E-state index in [-0.39, 0.29) is 6.09 Å². The second-order valence-corrected chi connectivity index (χ2v) is 6.46. The van der Waals surface area contributed by atoms with Crippen molar-refractivity contribution < 1.29 is 9.53 Å². The number of ether oxygens (including phenoxy) is 1. The molecule has 0 aliphatic carbocycles. The summed E-state index contributed by atoms with van der Waals surface area (Å²) < 4.78 is 5.17. The topological polar surface area (TPSA) is 53.6 Å². The summed E-state index contributed by atoms with van der Waals surface area (Å²) in [5, 5.41) is 6.30. The molecule has 0 spiro atoms. The van der Waals surface area contributed by atoms with E-state index in [4.69, 9.17) is 4.74 Å². The van der Waals surface area contributed by atoms with Crippen LogP contribution in [0.4, 0.5) is 4.79 Å². The fourth-order valence-corrected chi connectivity index (χ4v) is 2.24. The molecule has 1 saturated heterocycles. The van der Waals surface area contributed by atoms with E-state index in [0.717, 1.165) is 19.5 Å². The minimum Gasteiger partial charge on any atom is -0.444 e. The normalized spacial score (nSPS) is 24.5. The molecule has 0 unspecified atom stereocenters. The fraction of sp³-hybridized carbons (Fsp3) is 0.929. The molecular weight excluding hydrogens is 242 g/mol. The first kappa shape index (κ1) is 16.2. The van der Waals surface area contributed by atoms with Gasteiger partial charge in [-0.25, -0.2) is 4.79 Å². The lowest BCUT2D eigenvalue weighted by molar-refractivity contribution is 0.0527. The predicted molar refractivity (Wildman–Crippen MR) is 77.4 cm³/mol. The number of nitrogens with one attached hydrogen (secondary N) is 2. The summed E-state index contributed by atoms with van der Waals surface area (Å²) in [4.78, 5) is 13.8. The SMILES string of the molecule is C[C@H]1C[C@H](NCCCNC(=O)OC(C)(C)C)CN1C. The Labute approximate surface area is 117 Å². The van der Waals surface area contributed by atoms with Crippen LogP contribution in [-0.2, 0) is 4.74 Å². The van der Waals surface area contributed by atoms with Crippen LogP contribution in [0.2, 0.25) is 0 Å². The van der Waals surface area contributed by atoms with E-state index in [0.29, 0.717) is 18.6 Å². The quantitative estimate of drug-likeness (QED) is 0.746. The molecule has 2 N–H and O–H groups in total. The highest BCUT2D eigenvalue weighted by molar-refractivity contribution is 5.67. The third-order valence-electron chi connectivity index (χ3n) is 3.34. The van der Waals surface area contributed by atoms with Crippen molar-refractivity contribution in [3.63, 3.8) is 0 Å². The maximum absolute atomic E-state index is 11.4. The molecule has 5 nitrogen and oxygen atoms in total. The maximum Gasteiger partial charge on any atom is 0.407 e. The fourth-order valence-electron chi connectivity index (χ4n) is 2.24. The Morgan fingerprint density at radius 1 is 1.37 bits per heavy atom. The van der Waals surface area contributed by atoms with Crippen LogP contribution >= 0.6 is 0 Å². The Hall–Kier alpha value is -0.810. The summed E-state index contributed by atoms with van der Waals surface area (Å²) in [5.41, 5.74) is -0.424. The lowest BCUT2D eigenvalue weighted by Gasteiger charge is -2.19. The van der Waals surface area contributed by atoms with E-state index in [1.54, 1.807) is 0 Å². The van der Waals surface area contributed by atoms with E-state index >= 15 is 0 Å². The van der Waals surface area contributed by atoms with Crippen LogP contribution in [0.3, 0.4) is 0 Å². The molecule has 0 radical (unpaired) electrons. The number of likely N-dealkylation sites (tertiary alicyclic amines) is 1. The van der Waals surface area contributed by atoms with Crippen LogP contribution in [0.15, 0.2) is 0 Å². The van der Waals surface area contributed by atoms with E-state index in [1.807, 2.05) is 20.8 Å². The second-order valence-electron chi connectivity index (χ2n) is 6.46. The van der Waals surface area contributed by atoms with Crippen molar-refractivity contribution in [1.29, 1.82) is 0 Å². The van der Waals surface area contributed by atoms with Crippen LogP contribution in [0, 0.1) is 0 Å². The maximum atomic E-state index is 11.4. The highest BCUT2D eigenvalue weighted by Gasteiger charge is 2.25. The average molecular weight is 271 g/mol. The summed E-state index contributed by atoms with van der Waals surface area (Å²) in [6.45, 7) is 10.6. The number of carbonyl (C=O) groups excluding carboxylic acids is 1. The number of hydrogen-bond acceptors (Lipinski definition) is 4. The summed E-state index contributed by atoms with van der Waals surface area (Å²) in [7, 11) is 2.16. The number of hydrogen-bond donors (Lipinski definition) is 2. The van der Waals surface area contributed by atoms with Crippen molar-refractivity contribution in [1.82, 2.24) is 15.5 Å². The molecular formula is C14H29N3O2. The van der Waals surface area contributed by atoms with Crippen molar-refractivity contribution in [3.8, 4) is 0 Å². The molecule has 0 aromatic carbocycles. The van der Waals surface area contributed by atoms with Gasteiger partial charge in [0.25, 0.3) is 0 Å². The summed E-state index contributed by atoms with van der Waals surface area (Å²) >= 11 is 0. The minimum atomic E-state index is -0.424. The largest absolute Gasteiger partial charge is 0.444 e. The standard InChI is InChI=1S/C14H29N3O2/c1-11-9-12(10-17(11)5)15-7-6-8-16-13(18)19-14(2,3)4/h11-12,15H,6-10H2,1-5H3,(H,16,18)/t11-,12-/m0/s1. The molecule has 0 aromatic heterocycles. The van der Waals surface area contributed by atoms with Crippen LogP contribution < -0.4 is 10.6 Å². The van der Waals surface area contributed by atoms with Gasteiger partial charge in [0.15, 0.2) is 0 Å². The monoisotopic (exact) mass is 271 g/mol. The van der Waals surface area contributed by atoms with Crippen molar-refractivity contribution in [2.45, 2.75) is 58.2 Å². The number of carbonyl (C=O) groups is 1. The zero-order chi connectivity index (χ0) is 14.5. The van der Waals surface area contributed by atoms with E-state index < -0.39 is 5.60 Å². The number of amides is 1. The van der Waals surface area contributed by atoms with Gasteiger partial charge in [0.1, 0.15) is 5.60 Å². The van der Waals surface area contributed by atoms with Gasteiger partial charge in [0.2, 0.25) is 0 Å². The average Bonchev–Trinajstić information content (AvgIpc) is 2.55. The number of nitrogens with zero attached hydrogens (tertiary/aromatic N) is 1. The Balaban J connectivity index is 2.01. The molecule has 1 heterocycles. The van der Waals surface area contributed by atoms with Crippen molar-refractivity contribution in [2.75, 3.05) is 26.7 Å². The molecule has 1 aliphatic heterocycles. The van der Waals surface area contributed by atoms with E-state index in [1.165, 1.54) is 6.42 Å². The van der Waals surface area contributed by atoms with Gasteiger partial charge in [0.05, 0.1) is 0 Å². The summed E-state index contributed by atoms with van der Waals surface area (Å²) in [6.07, 6.45) is 1.80. The zero-order valence-corrected chi connectivity index (χ0v) is 13.0. The first-order chi connectivity index (χ1) is 8.78. The Morgan fingerprint density at radius 3 is 2.58 bits per heavy atom. The summed E-state index contributed by atoms with van der Waals surface area (Å²) in [6, 6.07) is 1.25. The lowest BCUT2D eigenvalue weighted by Crippen LogP contribution is -2.36. The third-order valence-corrected chi connectivity index (χ3v) is 3.34. The predicted octanol–water partition coefficient (Wildman–Crippen LogP) is 1.58. The molecule has 0 aromatic rings. The minimum absolute atomic E-state index is 0.332. The third kappa shape index (κ3) is 6.78. The van der Waals surface area contributed by atoms with Crippen LogP contribution in [0.25, 0.3) is 0 Å². The molecule has 112 valence electrons. The molecule has 0 bridgehead atoms. The van der Waals surface area contributed by atoms with Crippen molar-refractivity contribution in [2.24, 2.45) is 0 Å². The van der Waals surface area contributed by atoms with Gasteiger partial charge in [-0.3, -0.25) is 0 Å². The number of likely N-dealkylation sites (N-methyl/N-ethyl adjacent to an activating group) is 1. The molecule has 1 fully saturated rings. The molecule has 1 amide bonds. The van der Waals surface area contributed by atoms with Gasteiger partial charge >= 0.3 is 6.09 Å². The first-order valence-corrected chi connectivity index (χ1v) is 7.18. The Kier molecular flexibility index (Phi) is 6.07. The highest BCUT2D eigenvalue weighted by Crippen LogP contribution is 2.14. The number of alkyl carbamates (subject to hydrolysis) is 1. The van der Waals surface area contributed by atoms with E-state index in [9.17, 15) is 4.79 Å². The van der Waals surface area contributed by atoms with Crippen LogP contribution in [0.1, 0.15) is 40.5 Å². The smallest absolute Gasteiger partial charge is 0.407 e. The molecule has 2 atom stereocenters. The number of rotatable bonds is 5. The molecule has 5 heteroatoms. The van der Waals surface area contributed by atoms with E-state index in [2.05, 4.69) is 29.5 Å². The van der Waals surface area contributed by atoms with Gasteiger partial charge in [-0.2, -0.15) is 0 Å². The molecule has 1 aliphatic rings. The lowest BCUT2D eigenvalue weighted by atomic mass is 10.2. The highest BCUT2D eigenvalue weighted by atomic mass is 16.6. The molecule has 0 saturated carbocycles. The van der Waals surface area contributed by atoms with Gasteiger partial charge in [0, 0.05) is 25.2 Å². The first-order valence-electron chi connectivity index (χ1n) is 7.18. The Bertz CT molecular complexity index is 279. The second kappa shape index (κ2) is 7.10. The van der Waals surface area contributed by atoms with Gasteiger partial charge in [-0.05, 0) is 54.1 Å². The van der Waals surface area contributed by atoms with Crippen molar-refractivity contribution >= 4 is 6.09 Å². The van der Waals surface area contributed by atoms with Gasteiger partial charge < -0.3 is 20.3 Å². The van der Waals surface area contributed by atoms with Crippen LogP contribution in [0.5, 0.6) is 0 Å². The van der Waals surface area contributed by atoms with Crippen LogP contribution in [-0.4, -0.2) is 55.4 Å². The molecule has 19 heavy (non-hydrogen) atoms. The van der Waals surface area contributed by atoms with Crippen molar-refractivity contribution in [3.05, 3.63) is 0 Å².